The molecule has 0 saturated heterocycles. The average Bonchev–Trinajstić information content (AvgIpc) is 2.36. The lowest BCUT2D eigenvalue weighted by Gasteiger charge is -2.12. The van der Waals surface area contributed by atoms with Crippen molar-refractivity contribution in [1.29, 1.82) is 0 Å². The zero-order valence-electron chi connectivity index (χ0n) is 10.6. The average molecular weight is 238 g/mol. The maximum Gasteiger partial charge on any atom is 0.119 e. The Bertz CT molecular complexity index is 336. The van der Waals surface area contributed by atoms with Crippen LogP contribution in [0.4, 0.5) is 0 Å². The highest BCUT2D eigenvalue weighted by molar-refractivity contribution is 5.35. The molecular formula is C14H22O3. The fourth-order valence-corrected chi connectivity index (χ4v) is 1.85. The number of hydrogen-bond donors (Lipinski definition) is 2. The van der Waals surface area contributed by atoms with Gasteiger partial charge in [0.05, 0.1) is 19.3 Å². The van der Waals surface area contributed by atoms with Crippen molar-refractivity contribution in [2.75, 3.05) is 13.2 Å². The number of aliphatic hydroxyl groups excluding tert-OH is 2. The third-order valence-electron chi connectivity index (χ3n) is 2.83. The van der Waals surface area contributed by atoms with Crippen LogP contribution in [0.3, 0.4) is 0 Å². The van der Waals surface area contributed by atoms with E-state index < -0.39 is 6.10 Å². The number of benzene rings is 1. The number of rotatable bonds is 7. The molecule has 1 aromatic rings. The summed E-state index contributed by atoms with van der Waals surface area (Å²) in [6.45, 7) is 4.58. The van der Waals surface area contributed by atoms with Gasteiger partial charge in [-0.05, 0) is 49.4 Å². The summed E-state index contributed by atoms with van der Waals surface area (Å²) in [5.74, 6) is 0.899. The molecule has 0 aliphatic carbocycles. The Kier molecular flexibility index (Phi) is 6.01. The monoisotopic (exact) mass is 238 g/mol. The first-order valence-corrected chi connectivity index (χ1v) is 6.24. The Hall–Kier alpha value is -1.06. The quantitative estimate of drug-likeness (QED) is 0.763. The predicted octanol–water partition coefficient (Wildman–Crippen LogP) is 1.93. The molecule has 0 aromatic heterocycles. The molecule has 1 atom stereocenters. The highest BCUT2D eigenvalue weighted by Crippen LogP contribution is 2.20. The Morgan fingerprint density at radius 1 is 1.24 bits per heavy atom. The van der Waals surface area contributed by atoms with Crippen molar-refractivity contribution in [1.82, 2.24) is 0 Å². The van der Waals surface area contributed by atoms with E-state index in [1.807, 2.05) is 19.1 Å². The summed E-state index contributed by atoms with van der Waals surface area (Å²) in [5.41, 5.74) is 2.48. The van der Waals surface area contributed by atoms with Crippen LogP contribution in [-0.4, -0.2) is 29.5 Å². The molecule has 0 amide bonds. The van der Waals surface area contributed by atoms with Gasteiger partial charge in [0.1, 0.15) is 5.75 Å². The first-order chi connectivity index (χ1) is 8.21. The van der Waals surface area contributed by atoms with Gasteiger partial charge in [0, 0.05) is 0 Å². The van der Waals surface area contributed by atoms with Crippen molar-refractivity contribution in [2.45, 2.75) is 39.2 Å². The van der Waals surface area contributed by atoms with Crippen molar-refractivity contribution >= 4 is 0 Å². The van der Waals surface area contributed by atoms with Crippen molar-refractivity contribution < 1.29 is 14.9 Å². The molecule has 0 bridgehead atoms. The normalized spacial score (nSPS) is 12.5. The van der Waals surface area contributed by atoms with Crippen LogP contribution in [0, 0.1) is 0 Å². The van der Waals surface area contributed by atoms with Crippen LogP contribution in [0.5, 0.6) is 5.75 Å². The number of aliphatic hydroxyl groups is 2. The van der Waals surface area contributed by atoms with E-state index in [1.165, 1.54) is 11.1 Å². The van der Waals surface area contributed by atoms with Crippen LogP contribution in [0.2, 0.25) is 0 Å². The highest BCUT2D eigenvalue weighted by Gasteiger charge is 2.07. The summed E-state index contributed by atoms with van der Waals surface area (Å²) in [4.78, 5) is 0. The van der Waals surface area contributed by atoms with Crippen LogP contribution in [0.1, 0.15) is 31.4 Å². The fraction of sp³-hybridized carbons (Fsp3) is 0.571. The highest BCUT2D eigenvalue weighted by atomic mass is 16.5. The van der Waals surface area contributed by atoms with Gasteiger partial charge in [0.25, 0.3) is 0 Å². The molecule has 96 valence electrons. The minimum atomic E-state index is -0.619. The summed E-state index contributed by atoms with van der Waals surface area (Å²) in [6.07, 6.45) is 1.71. The van der Waals surface area contributed by atoms with Crippen LogP contribution in [0.25, 0.3) is 0 Å². The summed E-state index contributed by atoms with van der Waals surface area (Å²) in [7, 11) is 0. The van der Waals surface area contributed by atoms with E-state index in [9.17, 15) is 5.11 Å². The molecule has 0 fully saturated rings. The second-order valence-electron chi connectivity index (χ2n) is 4.09. The molecule has 0 aliphatic rings. The van der Waals surface area contributed by atoms with E-state index in [4.69, 9.17) is 9.84 Å². The van der Waals surface area contributed by atoms with Crippen molar-refractivity contribution in [3.63, 3.8) is 0 Å². The molecule has 2 N–H and O–H groups in total. The topological polar surface area (TPSA) is 49.7 Å². The van der Waals surface area contributed by atoms with Crippen LogP contribution in [0.15, 0.2) is 18.2 Å². The van der Waals surface area contributed by atoms with Crippen molar-refractivity contribution in [3.8, 4) is 5.75 Å². The molecule has 0 spiro atoms. The Morgan fingerprint density at radius 3 is 2.59 bits per heavy atom. The first kappa shape index (κ1) is 14.0. The van der Waals surface area contributed by atoms with Crippen LogP contribution in [-0.2, 0) is 12.8 Å². The van der Waals surface area contributed by atoms with Gasteiger partial charge < -0.3 is 14.9 Å². The summed E-state index contributed by atoms with van der Waals surface area (Å²) in [6, 6.07) is 6.07. The zero-order chi connectivity index (χ0) is 12.7. The minimum Gasteiger partial charge on any atom is -0.494 e. The van der Waals surface area contributed by atoms with Crippen molar-refractivity contribution in [3.05, 3.63) is 29.3 Å². The molecule has 3 heteroatoms. The van der Waals surface area contributed by atoms with Gasteiger partial charge in [-0.15, -0.1) is 0 Å². The number of ether oxygens (including phenoxy) is 1. The number of aryl methyl sites for hydroxylation is 2. The summed E-state index contributed by atoms with van der Waals surface area (Å²) < 4.78 is 5.46. The van der Waals surface area contributed by atoms with Gasteiger partial charge in [0.2, 0.25) is 0 Å². The molecule has 1 rings (SSSR count). The van der Waals surface area contributed by atoms with Crippen LogP contribution < -0.4 is 4.74 Å². The van der Waals surface area contributed by atoms with E-state index in [0.717, 1.165) is 18.6 Å². The first-order valence-electron chi connectivity index (χ1n) is 6.24. The second kappa shape index (κ2) is 7.30. The fourth-order valence-electron chi connectivity index (χ4n) is 1.85. The maximum absolute atomic E-state index is 9.35. The van der Waals surface area contributed by atoms with Gasteiger partial charge in [-0.2, -0.15) is 0 Å². The summed E-state index contributed by atoms with van der Waals surface area (Å²) >= 11 is 0. The van der Waals surface area contributed by atoms with Gasteiger partial charge in [-0.1, -0.05) is 13.0 Å². The Labute approximate surface area is 103 Å². The van der Waals surface area contributed by atoms with Crippen LogP contribution >= 0.6 is 0 Å². The zero-order valence-corrected chi connectivity index (χ0v) is 10.6. The maximum atomic E-state index is 9.35. The third-order valence-corrected chi connectivity index (χ3v) is 2.83. The lowest BCUT2D eigenvalue weighted by atomic mass is 9.99. The summed E-state index contributed by atoms with van der Waals surface area (Å²) in [5, 5.41) is 18.1. The molecule has 0 radical (unpaired) electrons. The van der Waals surface area contributed by atoms with E-state index in [0.29, 0.717) is 13.0 Å². The van der Waals surface area contributed by atoms with Gasteiger partial charge in [-0.25, -0.2) is 0 Å². The van der Waals surface area contributed by atoms with E-state index in [1.54, 1.807) is 0 Å². The predicted molar refractivity (Wildman–Crippen MR) is 68.4 cm³/mol. The molecule has 1 aromatic carbocycles. The van der Waals surface area contributed by atoms with Gasteiger partial charge in [-0.3, -0.25) is 0 Å². The molecular weight excluding hydrogens is 216 g/mol. The molecule has 17 heavy (non-hydrogen) atoms. The van der Waals surface area contributed by atoms with Gasteiger partial charge >= 0.3 is 0 Å². The van der Waals surface area contributed by atoms with Gasteiger partial charge in [0.15, 0.2) is 0 Å². The Morgan fingerprint density at radius 2 is 2.00 bits per heavy atom. The van der Waals surface area contributed by atoms with Crippen molar-refractivity contribution in [2.24, 2.45) is 0 Å². The molecule has 0 aliphatic heterocycles. The molecule has 1 unspecified atom stereocenters. The van der Waals surface area contributed by atoms with E-state index >= 15 is 0 Å². The smallest absolute Gasteiger partial charge is 0.119 e. The van der Waals surface area contributed by atoms with E-state index in [2.05, 4.69) is 13.0 Å². The lowest BCUT2D eigenvalue weighted by molar-refractivity contribution is 0.0885. The lowest BCUT2D eigenvalue weighted by Crippen LogP contribution is -2.13. The molecule has 0 heterocycles. The number of hydrogen-bond acceptors (Lipinski definition) is 3. The standard InChI is InChI=1S/C14H22O3/c1-3-11-9-14(17-4-2)8-6-12(11)5-7-13(16)10-15/h6,8-9,13,15-16H,3-5,7,10H2,1-2H3. The second-order valence-corrected chi connectivity index (χ2v) is 4.09. The molecule has 3 nitrogen and oxygen atoms in total. The van der Waals surface area contributed by atoms with E-state index in [-0.39, 0.29) is 6.61 Å². The molecule has 0 saturated carbocycles. The third kappa shape index (κ3) is 4.36. The Balaban J connectivity index is 2.71. The largest absolute Gasteiger partial charge is 0.494 e. The SMILES string of the molecule is CCOc1ccc(CCC(O)CO)c(CC)c1. The minimum absolute atomic E-state index is 0.168.